The first-order valence-corrected chi connectivity index (χ1v) is 6.29. The van der Waals surface area contributed by atoms with Crippen LogP contribution in [0.2, 0.25) is 0 Å². The number of Topliss-reactive ketones (excluding diaryl/α,β-unsaturated/α-hetero) is 1. The summed E-state index contributed by atoms with van der Waals surface area (Å²) in [6.07, 6.45) is 0.937. The van der Waals surface area contributed by atoms with Crippen molar-refractivity contribution in [2.75, 3.05) is 6.61 Å². The van der Waals surface area contributed by atoms with Gasteiger partial charge in [-0.3, -0.25) is 9.59 Å². The van der Waals surface area contributed by atoms with E-state index in [0.717, 1.165) is 6.42 Å². The lowest BCUT2D eigenvalue weighted by atomic mass is 9.89. The zero-order valence-corrected chi connectivity index (χ0v) is 10.5. The van der Waals surface area contributed by atoms with Gasteiger partial charge in [0.25, 0.3) is 0 Å². The summed E-state index contributed by atoms with van der Waals surface area (Å²) in [7, 11) is 0. The van der Waals surface area contributed by atoms with Crippen molar-refractivity contribution in [3.8, 4) is 0 Å². The fraction of sp³-hybridized carbons (Fsp3) is 0.769. The van der Waals surface area contributed by atoms with Crippen molar-refractivity contribution in [2.24, 2.45) is 16.7 Å². The first kappa shape index (κ1) is 11.7. The van der Waals surface area contributed by atoms with Gasteiger partial charge >= 0.3 is 11.9 Å². The molecule has 0 aromatic carbocycles. The molecule has 0 spiro atoms. The Morgan fingerprint density at radius 3 is 2.56 bits per heavy atom. The highest BCUT2D eigenvalue weighted by Gasteiger charge is 2.70. The van der Waals surface area contributed by atoms with E-state index >= 15 is 0 Å². The normalized spacial score (nSPS) is 40.3. The van der Waals surface area contributed by atoms with Gasteiger partial charge in [0.05, 0.1) is 0 Å². The molecule has 2 saturated carbocycles. The molecule has 0 N–H and O–H groups in total. The van der Waals surface area contributed by atoms with Gasteiger partial charge in [-0.2, -0.15) is 0 Å². The molecule has 0 radical (unpaired) electrons. The third-order valence-electron chi connectivity index (χ3n) is 4.42. The van der Waals surface area contributed by atoms with Crippen LogP contribution in [0.15, 0.2) is 0 Å². The van der Waals surface area contributed by atoms with Crippen LogP contribution in [-0.4, -0.2) is 30.4 Å². The Kier molecular flexibility index (Phi) is 2.17. The van der Waals surface area contributed by atoms with Crippen molar-refractivity contribution >= 4 is 17.7 Å². The number of cyclic esters (lactones) is 1. The maximum atomic E-state index is 12.2. The third kappa shape index (κ3) is 1.36. The van der Waals surface area contributed by atoms with Gasteiger partial charge in [0, 0.05) is 11.8 Å². The number of hydrogen-bond donors (Lipinski definition) is 0. The van der Waals surface area contributed by atoms with Crippen LogP contribution in [0.4, 0.5) is 0 Å². The molecule has 1 heterocycles. The summed E-state index contributed by atoms with van der Waals surface area (Å²) in [6, 6.07) is 0. The average Bonchev–Trinajstić information content (AvgIpc) is 2.90. The Bertz CT molecular complexity index is 452. The lowest BCUT2D eigenvalue weighted by Gasteiger charge is -2.23. The van der Waals surface area contributed by atoms with Crippen molar-refractivity contribution in [1.82, 2.24) is 0 Å². The molecule has 18 heavy (non-hydrogen) atoms. The van der Waals surface area contributed by atoms with E-state index in [2.05, 4.69) is 0 Å². The molecule has 0 aromatic rings. The molecule has 5 nitrogen and oxygen atoms in total. The van der Waals surface area contributed by atoms with Crippen LogP contribution in [-0.2, 0) is 23.9 Å². The number of rotatable bonds is 2. The number of esters is 2. The second-order valence-electron chi connectivity index (χ2n) is 6.22. The molecule has 3 rings (SSSR count). The van der Waals surface area contributed by atoms with E-state index in [1.54, 1.807) is 0 Å². The van der Waals surface area contributed by atoms with Gasteiger partial charge in [-0.25, -0.2) is 4.79 Å². The van der Waals surface area contributed by atoms with Crippen LogP contribution in [0, 0.1) is 16.7 Å². The molecule has 3 fully saturated rings. The van der Waals surface area contributed by atoms with Gasteiger partial charge in [0.1, 0.15) is 17.8 Å². The summed E-state index contributed by atoms with van der Waals surface area (Å²) in [4.78, 5) is 35.5. The summed E-state index contributed by atoms with van der Waals surface area (Å²) in [5.41, 5.74) is -1.44. The average molecular weight is 252 g/mol. The van der Waals surface area contributed by atoms with Gasteiger partial charge in [0.2, 0.25) is 6.10 Å². The number of carbonyl (C=O) groups is 3. The lowest BCUT2D eigenvalue weighted by molar-refractivity contribution is -0.169. The van der Waals surface area contributed by atoms with Crippen molar-refractivity contribution < 1.29 is 23.9 Å². The highest BCUT2D eigenvalue weighted by atomic mass is 16.6. The second kappa shape index (κ2) is 3.33. The fourth-order valence-electron chi connectivity index (χ4n) is 3.06. The van der Waals surface area contributed by atoms with Crippen molar-refractivity contribution in [3.05, 3.63) is 0 Å². The van der Waals surface area contributed by atoms with Crippen molar-refractivity contribution in [1.29, 1.82) is 0 Å². The van der Waals surface area contributed by atoms with Crippen LogP contribution in [0.25, 0.3) is 0 Å². The predicted molar refractivity (Wildman–Crippen MR) is 59.4 cm³/mol. The molecule has 5 heteroatoms. The minimum Gasteiger partial charge on any atom is -0.462 e. The van der Waals surface area contributed by atoms with E-state index in [4.69, 9.17) is 9.47 Å². The van der Waals surface area contributed by atoms with Crippen LogP contribution >= 0.6 is 0 Å². The zero-order chi connectivity index (χ0) is 13.1. The minimum absolute atomic E-state index is 0.0262. The standard InChI is InChI=1S/C13H16O5/c1-12(2)6-17-10(15)9(12)18-11(16)13-5-7(13)3-4-8(13)14/h7,9H,3-6H2,1-2H3/t7-,9+,13-/m1/s1. The smallest absolute Gasteiger partial charge is 0.348 e. The van der Waals surface area contributed by atoms with Crippen LogP contribution in [0.5, 0.6) is 0 Å². The third-order valence-corrected chi connectivity index (χ3v) is 4.42. The second-order valence-corrected chi connectivity index (χ2v) is 6.22. The van der Waals surface area contributed by atoms with Gasteiger partial charge in [0.15, 0.2) is 0 Å². The number of ketones is 1. The molecule has 1 aliphatic heterocycles. The predicted octanol–water partition coefficient (Wildman–Crippen LogP) is 0.850. The van der Waals surface area contributed by atoms with Crippen molar-refractivity contribution in [2.45, 2.75) is 39.2 Å². The molecule has 0 unspecified atom stereocenters. The molecule has 0 amide bonds. The maximum Gasteiger partial charge on any atom is 0.348 e. The summed E-state index contributed by atoms with van der Waals surface area (Å²) in [5, 5.41) is 0. The van der Waals surface area contributed by atoms with E-state index in [9.17, 15) is 14.4 Å². The topological polar surface area (TPSA) is 69.7 Å². The monoisotopic (exact) mass is 252 g/mol. The molecule has 3 aliphatic rings. The summed E-state index contributed by atoms with van der Waals surface area (Å²) in [5.74, 6) is -0.918. The van der Waals surface area contributed by atoms with Crippen LogP contribution in [0.1, 0.15) is 33.1 Å². The molecular formula is C13H16O5. The number of ether oxygens (including phenoxy) is 2. The van der Waals surface area contributed by atoms with Gasteiger partial charge in [-0.1, -0.05) is 13.8 Å². The van der Waals surface area contributed by atoms with E-state index in [1.165, 1.54) is 0 Å². The largest absolute Gasteiger partial charge is 0.462 e. The van der Waals surface area contributed by atoms with E-state index < -0.39 is 28.9 Å². The highest BCUT2D eigenvalue weighted by Crippen LogP contribution is 2.62. The molecule has 3 atom stereocenters. The fourth-order valence-corrected chi connectivity index (χ4v) is 3.06. The Hall–Kier alpha value is -1.39. The Morgan fingerprint density at radius 1 is 1.39 bits per heavy atom. The highest BCUT2D eigenvalue weighted by molar-refractivity contribution is 6.09. The quantitative estimate of drug-likeness (QED) is 0.538. The SMILES string of the molecule is CC1(C)COC(=O)[C@@H]1OC(=O)[C@]12C[C@H]1CCC2=O. The summed E-state index contributed by atoms with van der Waals surface area (Å²) < 4.78 is 10.2. The Balaban J connectivity index is 1.76. The molecule has 0 bridgehead atoms. The van der Waals surface area contributed by atoms with E-state index in [0.29, 0.717) is 12.8 Å². The van der Waals surface area contributed by atoms with Gasteiger partial charge < -0.3 is 9.47 Å². The molecule has 0 aromatic heterocycles. The first-order valence-electron chi connectivity index (χ1n) is 6.29. The molecular weight excluding hydrogens is 236 g/mol. The summed E-state index contributed by atoms with van der Waals surface area (Å²) in [6.45, 7) is 3.87. The van der Waals surface area contributed by atoms with Gasteiger partial charge in [-0.05, 0) is 18.8 Å². The number of fused-ring (bicyclic) bond motifs is 1. The summed E-state index contributed by atoms with van der Waals surface area (Å²) >= 11 is 0. The number of hydrogen-bond acceptors (Lipinski definition) is 5. The van der Waals surface area contributed by atoms with Crippen molar-refractivity contribution in [3.63, 3.8) is 0 Å². The molecule has 2 aliphatic carbocycles. The molecule has 1 saturated heterocycles. The first-order chi connectivity index (χ1) is 8.38. The minimum atomic E-state index is -0.918. The Morgan fingerprint density at radius 2 is 2.11 bits per heavy atom. The Labute approximate surface area is 105 Å². The van der Waals surface area contributed by atoms with Gasteiger partial charge in [-0.15, -0.1) is 0 Å². The van der Waals surface area contributed by atoms with E-state index in [-0.39, 0.29) is 18.3 Å². The van der Waals surface area contributed by atoms with Crippen LogP contribution in [0.3, 0.4) is 0 Å². The van der Waals surface area contributed by atoms with Crippen LogP contribution < -0.4 is 0 Å². The van der Waals surface area contributed by atoms with E-state index in [1.807, 2.05) is 13.8 Å². The maximum absolute atomic E-state index is 12.2. The molecule has 98 valence electrons. The lowest BCUT2D eigenvalue weighted by Crippen LogP contribution is -2.38. The zero-order valence-electron chi connectivity index (χ0n) is 10.5. The number of carbonyl (C=O) groups excluding carboxylic acids is 3.